The van der Waals surface area contributed by atoms with E-state index >= 15 is 0 Å². The summed E-state index contributed by atoms with van der Waals surface area (Å²) in [4.78, 5) is -0.0554. The monoisotopic (exact) mass is 365 g/mol. The smallest absolute Gasteiger partial charge is 0.206 e. The molecule has 0 amide bonds. The summed E-state index contributed by atoms with van der Waals surface area (Å²) in [5, 5.41) is 3.26. The van der Waals surface area contributed by atoms with Gasteiger partial charge in [-0.2, -0.15) is 0 Å². The molecule has 3 rings (SSSR count). The van der Waals surface area contributed by atoms with Crippen LogP contribution in [0.4, 0.5) is 4.39 Å². The SMILES string of the molecule is CC(C)NC[C@@H]1COc2ccc(S(=O)(=O)c3cccc(F)c3)cc2O1. The fraction of sp³-hybridized carbons (Fsp3) is 0.333. The zero-order chi connectivity index (χ0) is 18.0. The first kappa shape index (κ1) is 17.7. The van der Waals surface area contributed by atoms with Gasteiger partial charge in [0.2, 0.25) is 9.84 Å². The summed E-state index contributed by atoms with van der Waals surface area (Å²) in [6.45, 7) is 5.04. The molecule has 0 fully saturated rings. The van der Waals surface area contributed by atoms with Crippen molar-refractivity contribution in [3.05, 3.63) is 48.3 Å². The molecule has 1 atom stereocenters. The molecule has 0 bridgehead atoms. The molecule has 1 heterocycles. The highest BCUT2D eigenvalue weighted by atomic mass is 32.2. The third kappa shape index (κ3) is 3.93. The number of halogens is 1. The van der Waals surface area contributed by atoms with E-state index in [0.717, 1.165) is 6.07 Å². The average Bonchev–Trinajstić information content (AvgIpc) is 2.59. The van der Waals surface area contributed by atoms with Crippen LogP contribution in [0.15, 0.2) is 52.3 Å². The normalized spacial score (nSPS) is 16.9. The lowest BCUT2D eigenvalue weighted by Crippen LogP contribution is -2.40. The fourth-order valence-electron chi connectivity index (χ4n) is 2.50. The lowest BCUT2D eigenvalue weighted by Gasteiger charge is -2.27. The Morgan fingerprint density at radius 1 is 1.16 bits per heavy atom. The Morgan fingerprint density at radius 3 is 2.64 bits per heavy atom. The Kier molecular flexibility index (Phi) is 4.96. The predicted octanol–water partition coefficient (Wildman–Crippen LogP) is 2.80. The van der Waals surface area contributed by atoms with Crippen molar-refractivity contribution in [3.8, 4) is 11.5 Å². The number of rotatable bonds is 5. The summed E-state index contributed by atoms with van der Waals surface area (Å²) in [5.74, 6) is 0.275. The average molecular weight is 365 g/mol. The number of sulfone groups is 1. The largest absolute Gasteiger partial charge is 0.486 e. The highest BCUT2D eigenvalue weighted by Gasteiger charge is 2.25. The van der Waals surface area contributed by atoms with Crippen molar-refractivity contribution < 1.29 is 22.3 Å². The Labute approximate surface area is 146 Å². The van der Waals surface area contributed by atoms with Crippen molar-refractivity contribution in [2.24, 2.45) is 0 Å². The molecule has 0 unspecified atom stereocenters. The van der Waals surface area contributed by atoms with Crippen LogP contribution in [0.25, 0.3) is 0 Å². The topological polar surface area (TPSA) is 64.6 Å². The van der Waals surface area contributed by atoms with Gasteiger partial charge >= 0.3 is 0 Å². The highest BCUT2D eigenvalue weighted by molar-refractivity contribution is 7.91. The van der Waals surface area contributed by atoms with E-state index in [4.69, 9.17) is 9.47 Å². The highest BCUT2D eigenvalue weighted by Crippen LogP contribution is 2.35. The van der Waals surface area contributed by atoms with Gasteiger partial charge in [0.15, 0.2) is 11.5 Å². The molecule has 2 aromatic rings. The molecule has 1 aliphatic rings. The van der Waals surface area contributed by atoms with E-state index in [1.165, 1.54) is 30.3 Å². The number of benzene rings is 2. The molecule has 1 aliphatic heterocycles. The van der Waals surface area contributed by atoms with Crippen LogP contribution in [0.5, 0.6) is 11.5 Å². The molecule has 5 nitrogen and oxygen atoms in total. The number of hydrogen-bond acceptors (Lipinski definition) is 5. The number of nitrogens with one attached hydrogen (secondary N) is 1. The standard InChI is InChI=1S/C18H20FNO4S/c1-12(2)20-10-14-11-23-17-7-6-16(9-18(17)24-14)25(21,22)15-5-3-4-13(19)8-15/h3-9,12,14,20H,10-11H2,1-2H3/t14-/m1/s1. The third-order valence-corrected chi connectivity index (χ3v) is 5.55. The van der Waals surface area contributed by atoms with Gasteiger partial charge in [-0.25, -0.2) is 12.8 Å². The van der Waals surface area contributed by atoms with Crippen molar-refractivity contribution in [1.29, 1.82) is 0 Å². The summed E-state index contributed by atoms with van der Waals surface area (Å²) in [7, 11) is -3.83. The van der Waals surface area contributed by atoms with E-state index in [0.29, 0.717) is 30.7 Å². The molecule has 0 spiro atoms. The number of fused-ring (bicyclic) bond motifs is 1. The predicted molar refractivity (Wildman–Crippen MR) is 91.3 cm³/mol. The van der Waals surface area contributed by atoms with E-state index in [9.17, 15) is 12.8 Å². The molecule has 7 heteroatoms. The van der Waals surface area contributed by atoms with Gasteiger partial charge in [0.25, 0.3) is 0 Å². The summed E-state index contributed by atoms with van der Waals surface area (Å²) < 4.78 is 50.3. The summed E-state index contributed by atoms with van der Waals surface area (Å²) in [5.41, 5.74) is 0. The van der Waals surface area contributed by atoms with Crippen LogP contribution in [-0.2, 0) is 9.84 Å². The first-order valence-electron chi connectivity index (χ1n) is 8.04. The van der Waals surface area contributed by atoms with E-state index in [1.807, 2.05) is 13.8 Å². The zero-order valence-electron chi connectivity index (χ0n) is 14.0. The molecule has 0 aliphatic carbocycles. The van der Waals surface area contributed by atoms with Gasteiger partial charge in [-0.05, 0) is 30.3 Å². The van der Waals surface area contributed by atoms with Crippen LogP contribution < -0.4 is 14.8 Å². The molecule has 0 radical (unpaired) electrons. The van der Waals surface area contributed by atoms with Crippen LogP contribution in [0.3, 0.4) is 0 Å². The summed E-state index contributed by atoms with van der Waals surface area (Å²) in [6, 6.07) is 9.68. The maximum atomic E-state index is 13.4. The van der Waals surface area contributed by atoms with Gasteiger partial charge in [-0.3, -0.25) is 0 Å². The Hall–Kier alpha value is -2.12. The second-order valence-corrected chi connectivity index (χ2v) is 8.13. The van der Waals surface area contributed by atoms with Gasteiger partial charge in [0.1, 0.15) is 18.5 Å². The Morgan fingerprint density at radius 2 is 1.92 bits per heavy atom. The molecule has 0 saturated heterocycles. The maximum absolute atomic E-state index is 13.4. The zero-order valence-corrected chi connectivity index (χ0v) is 14.8. The third-order valence-electron chi connectivity index (χ3n) is 3.80. The fourth-order valence-corrected chi connectivity index (χ4v) is 3.81. The Bertz CT molecular complexity index is 867. The van der Waals surface area contributed by atoms with E-state index in [1.54, 1.807) is 6.07 Å². The van der Waals surface area contributed by atoms with Crippen LogP contribution in [0.2, 0.25) is 0 Å². The van der Waals surface area contributed by atoms with E-state index in [-0.39, 0.29) is 15.9 Å². The molecule has 25 heavy (non-hydrogen) atoms. The van der Waals surface area contributed by atoms with Crippen LogP contribution >= 0.6 is 0 Å². The van der Waals surface area contributed by atoms with E-state index in [2.05, 4.69) is 5.32 Å². The molecule has 2 aromatic carbocycles. The quantitative estimate of drug-likeness (QED) is 0.883. The second kappa shape index (κ2) is 7.01. The Balaban J connectivity index is 1.87. The van der Waals surface area contributed by atoms with E-state index < -0.39 is 15.7 Å². The van der Waals surface area contributed by atoms with Crippen molar-refractivity contribution in [1.82, 2.24) is 5.32 Å². The van der Waals surface area contributed by atoms with Crippen molar-refractivity contribution in [2.45, 2.75) is 35.8 Å². The molecule has 134 valence electrons. The first-order valence-corrected chi connectivity index (χ1v) is 9.52. The second-order valence-electron chi connectivity index (χ2n) is 6.18. The lowest BCUT2D eigenvalue weighted by atomic mass is 10.2. The molecular weight excluding hydrogens is 345 g/mol. The number of hydrogen-bond donors (Lipinski definition) is 1. The van der Waals surface area contributed by atoms with Crippen LogP contribution in [0, 0.1) is 5.82 Å². The van der Waals surface area contributed by atoms with Gasteiger partial charge in [-0.1, -0.05) is 19.9 Å². The van der Waals surface area contributed by atoms with Gasteiger partial charge in [0, 0.05) is 18.7 Å². The van der Waals surface area contributed by atoms with Crippen molar-refractivity contribution >= 4 is 9.84 Å². The first-order chi connectivity index (χ1) is 11.9. The van der Waals surface area contributed by atoms with Gasteiger partial charge < -0.3 is 14.8 Å². The van der Waals surface area contributed by atoms with Crippen LogP contribution in [-0.4, -0.2) is 33.7 Å². The maximum Gasteiger partial charge on any atom is 0.206 e. The molecule has 1 N–H and O–H groups in total. The molecule has 0 aromatic heterocycles. The minimum Gasteiger partial charge on any atom is -0.486 e. The molecule has 0 saturated carbocycles. The molecular formula is C18H20FNO4S. The minimum atomic E-state index is -3.83. The van der Waals surface area contributed by atoms with Crippen molar-refractivity contribution in [2.75, 3.05) is 13.2 Å². The number of ether oxygens (including phenoxy) is 2. The van der Waals surface area contributed by atoms with Gasteiger partial charge in [-0.15, -0.1) is 0 Å². The summed E-state index contributed by atoms with van der Waals surface area (Å²) in [6.07, 6.45) is -0.206. The van der Waals surface area contributed by atoms with Crippen molar-refractivity contribution in [3.63, 3.8) is 0 Å². The van der Waals surface area contributed by atoms with Crippen LogP contribution in [0.1, 0.15) is 13.8 Å². The van der Waals surface area contributed by atoms with Gasteiger partial charge in [0.05, 0.1) is 9.79 Å². The minimum absolute atomic E-state index is 0.0397. The summed E-state index contributed by atoms with van der Waals surface area (Å²) >= 11 is 0. The lowest BCUT2D eigenvalue weighted by molar-refractivity contribution is 0.0886.